The number of para-hydroxylation sites is 2. The quantitative estimate of drug-likeness (QED) is 0.414. The number of ether oxygens (including phenoxy) is 1. The van der Waals surface area contributed by atoms with Gasteiger partial charge in [0.25, 0.3) is 5.56 Å². The van der Waals surface area contributed by atoms with Gasteiger partial charge in [-0.25, -0.2) is 4.79 Å². The van der Waals surface area contributed by atoms with Gasteiger partial charge in [0, 0.05) is 14.1 Å². The van der Waals surface area contributed by atoms with Crippen molar-refractivity contribution in [3.8, 4) is 22.7 Å². The number of hydrogen-bond donors (Lipinski definition) is 1. The Morgan fingerprint density at radius 2 is 1.56 bits per heavy atom. The van der Waals surface area contributed by atoms with Crippen LogP contribution in [0.5, 0.6) is 5.75 Å². The molecular weight excluding hydrogens is 452 g/mol. The van der Waals surface area contributed by atoms with Crippen LogP contribution in [0.1, 0.15) is 22.9 Å². The van der Waals surface area contributed by atoms with Crippen LogP contribution >= 0.6 is 0 Å². The van der Waals surface area contributed by atoms with Crippen molar-refractivity contribution >= 4 is 16.6 Å². The van der Waals surface area contributed by atoms with E-state index in [1.165, 1.54) is 11.6 Å². The third kappa shape index (κ3) is 3.05. The van der Waals surface area contributed by atoms with E-state index < -0.39 is 0 Å². The summed E-state index contributed by atoms with van der Waals surface area (Å²) < 4.78 is 10.3. The molecule has 0 saturated heterocycles. The zero-order valence-electron chi connectivity index (χ0n) is 20.6. The fraction of sp³-hybridized carbons (Fsp3) is 0.172. The van der Waals surface area contributed by atoms with Gasteiger partial charge in [-0.15, -0.1) is 0 Å². The molecule has 0 amide bonds. The van der Waals surface area contributed by atoms with Gasteiger partial charge in [0.1, 0.15) is 5.75 Å². The van der Waals surface area contributed by atoms with E-state index in [1.807, 2.05) is 48.5 Å². The second-order valence-corrected chi connectivity index (χ2v) is 9.23. The van der Waals surface area contributed by atoms with Crippen molar-refractivity contribution in [2.24, 2.45) is 14.1 Å². The first kappa shape index (κ1) is 22.0. The Kier molecular flexibility index (Phi) is 4.89. The molecule has 2 aromatic heterocycles. The first-order valence-electron chi connectivity index (χ1n) is 11.8. The lowest BCUT2D eigenvalue weighted by Gasteiger charge is -2.31. The highest BCUT2D eigenvalue weighted by molar-refractivity contribution is 5.99. The van der Waals surface area contributed by atoms with Crippen LogP contribution in [-0.2, 0) is 14.1 Å². The second kappa shape index (κ2) is 8.02. The molecule has 1 atom stereocenters. The van der Waals surface area contributed by atoms with E-state index in [2.05, 4.69) is 41.1 Å². The minimum Gasteiger partial charge on any atom is -0.497 e. The summed E-state index contributed by atoms with van der Waals surface area (Å²) in [5.74, 6) is 0.730. The van der Waals surface area contributed by atoms with Crippen molar-refractivity contribution in [2.75, 3.05) is 12.4 Å². The largest absolute Gasteiger partial charge is 0.497 e. The van der Waals surface area contributed by atoms with E-state index in [9.17, 15) is 9.59 Å². The van der Waals surface area contributed by atoms with E-state index in [-0.39, 0.29) is 17.3 Å². The Hall–Kier alpha value is -4.52. The topological polar surface area (TPSA) is 70.2 Å². The number of rotatable bonds is 3. The maximum Gasteiger partial charge on any atom is 0.331 e. The van der Waals surface area contributed by atoms with Gasteiger partial charge in [-0.3, -0.25) is 13.9 Å². The van der Waals surface area contributed by atoms with Crippen LogP contribution in [0.25, 0.3) is 27.8 Å². The third-order valence-electron chi connectivity index (χ3n) is 7.10. The highest BCUT2D eigenvalue weighted by Gasteiger charge is 2.34. The number of anilines is 1. The summed E-state index contributed by atoms with van der Waals surface area (Å²) in [5.41, 5.74) is 6.51. The summed E-state index contributed by atoms with van der Waals surface area (Å²) in [6, 6.07) is 23.8. The van der Waals surface area contributed by atoms with Crippen LogP contribution in [0, 0.1) is 6.92 Å². The minimum absolute atomic E-state index is 0.271. The molecule has 3 aromatic carbocycles. The van der Waals surface area contributed by atoms with Gasteiger partial charge in [-0.05, 0) is 54.4 Å². The lowest BCUT2D eigenvalue weighted by atomic mass is 9.98. The average molecular weight is 479 g/mol. The zero-order valence-corrected chi connectivity index (χ0v) is 20.6. The minimum atomic E-state index is -0.358. The fourth-order valence-electron chi connectivity index (χ4n) is 5.25. The maximum absolute atomic E-state index is 13.7. The van der Waals surface area contributed by atoms with E-state index >= 15 is 0 Å². The molecule has 0 aliphatic carbocycles. The second-order valence-electron chi connectivity index (χ2n) is 9.23. The Morgan fingerprint density at radius 3 is 2.25 bits per heavy atom. The summed E-state index contributed by atoms with van der Waals surface area (Å²) in [5, 5.41) is 4.19. The van der Waals surface area contributed by atoms with Crippen molar-refractivity contribution in [2.45, 2.75) is 13.0 Å². The monoisotopic (exact) mass is 478 g/mol. The summed E-state index contributed by atoms with van der Waals surface area (Å²) in [4.78, 5) is 26.9. The smallest absolute Gasteiger partial charge is 0.331 e. The molecule has 7 heteroatoms. The van der Waals surface area contributed by atoms with Gasteiger partial charge >= 0.3 is 5.69 Å². The molecule has 3 heterocycles. The fourth-order valence-corrected chi connectivity index (χ4v) is 5.25. The van der Waals surface area contributed by atoms with Gasteiger partial charge in [0.15, 0.2) is 0 Å². The van der Waals surface area contributed by atoms with Gasteiger partial charge < -0.3 is 14.6 Å². The SMILES string of the molecule is COc1ccc(-c2c3c(=O)n(C)c(=O)n(C)c3c3n2-c2ccccc2N[C@H]3c2ccc(C)cc2)cc1. The molecule has 5 aromatic rings. The van der Waals surface area contributed by atoms with Crippen LogP contribution < -0.4 is 21.3 Å². The van der Waals surface area contributed by atoms with Crippen molar-refractivity contribution in [1.82, 2.24) is 13.7 Å². The van der Waals surface area contributed by atoms with Gasteiger partial charge in [-0.2, -0.15) is 0 Å². The average Bonchev–Trinajstić information content (AvgIpc) is 3.27. The molecule has 0 radical (unpaired) electrons. The standard InChI is InChI=1S/C29H26N4O3/c1-17-9-11-18(12-10-17)24-27-26-23(28(34)32(3)29(35)31(26)2)25(19-13-15-20(36-4)16-14-19)33(27)22-8-6-5-7-21(22)30-24/h5-16,24,30H,1-4H3/t24-/m0/s1. The molecular formula is C29H26N4O3. The van der Waals surface area contributed by atoms with E-state index in [1.54, 1.807) is 18.7 Å². The van der Waals surface area contributed by atoms with Crippen molar-refractivity contribution in [3.05, 3.63) is 110 Å². The van der Waals surface area contributed by atoms with E-state index in [4.69, 9.17) is 4.74 Å². The Morgan fingerprint density at radius 1 is 0.861 bits per heavy atom. The van der Waals surface area contributed by atoms with E-state index in [0.29, 0.717) is 10.9 Å². The molecule has 0 fully saturated rings. The molecule has 36 heavy (non-hydrogen) atoms. The summed E-state index contributed by atoms with van der Waals surface area (Å²) in [6.45, 7) is 2.06. The lowest BCUT2D eigenvalue weighted by Crippen LogP contribution is -2.37. The van der Waals surface area contributed by atoms with Crippen molar-refractivity contribution < 1.29 is 4.74 Å². The van der Waals surface area contributed by atoms with Gasteiger partial charge in [0.05, 0.1) is 46.8 Å². The van der Waals surface area contributed by atoms with Gasteiger partial charge in [-0.1, -0.05) is 42.0 Å². The van der Waals surface area contributed by atoms with E-state index in [0.717, 1.165) is 45.2 Å². The normalized spacial score (nSPS) is 14.3. The summed E-state index contributed by atoms with van der Waals surface area (Å²) in [7, 11) is 4.89. The first-order chi connectivity index (χ1) is 17.4. The van der Waals surface area contributed by atoms with Crippen LogP contribution in [-0.4, -0.2) is 20.8 Å². The number of methoxy groups -OCH3 is 1. The molecule has 0 spiro atoms. The van der Waals surface area contributed by atoms with Gasteiger partial charge in [0.2, 0.25) is 0 Å². The maximum atomic E-state index is 13.7. The summed E-state index contributed by atoms with van der Waals surface area (Å²) >= 11 is 0. The highest BCUT2D eigenvalue weighted by Crippen LogP contribution is 2.45. The molecule has 1 N–H and O–H groups in total. The number of aryl methyl sites for hydroxylation is 2. The predicted molar refractivity (Wildman–Crippen MR) is 142 cm³/mol. The Labute approximate surface area is 207 Å². The number of aromatic nitrogens is 3. The molecule has 0 saturated carbocycles. The Bertz CT molecular complexity index is 1760. The number of hydrogen-bond acceptors (Lipinski definition) is 4. The third-order valence-corrected chi connectivity index (χ3v) is 7.10. The number of benzene rings is 3. The molecule has 0 bridgehead atoms. The molecule has 7 nitrogen and oxygen atoms in total. The summed E-state index contributed by atoms with van der Waals surface area (Å²) in [6.07, 6.45) is 0. The zero-order chi connectivity index (χ0) is 25.1. The number of fused-ring (bicyclic) bond motifs is 5. The highest BCUT2D eigenvalue weighted by atomic mass is 16.5. The molecule has 180 valence electrons. The lowest BCUT2D eigenvalue weighted by molar-refractivity contribution is 0.415. The Balaban J connectivity index is 1.83. The molecule has 1 aliphatic heterocycles. The van der Waals surface area contributed by atoms with Crippen LogP contribution in [0.3, 0.4) is 0 Å². The first-order valence-corrected chi connectivity index (χ1v) is 11.8. The molecule has 6 rings (SSSR count). The van der Waals surface area contributed by atoms with Crippen molar-refractivity contribution in [1.29, 1.82) is 0 Å². The number of nitrogens with one attached hydrogen (secondary N) is 1. The van der Waals surface area contributed by atoms with Crippen LogP contribution in [0.2, 0.25) is 0 Å². The molecule has 1 aliphatic rings. The van der Waals surface area contributed by atoms with Crippen molar-refractivity contribution in [3.63, 3.8) is 0 Å². The molecule has 0 unspecified atom stereocenters. The van der Waals surface area contributed by atoms with Crippen LogP contribution in [0.4, 0.5) is 5.69 Å². The predicted octanol–water partition coefficient (Wildman–Crippen LogP) is 4.53. The number of nitrogens with zero attached hydrogens (tertiary/aromatic N) is 3. The van der Waals surface area contributed by atoms with Crippen LogP contribution in [0.15, 0.2) is 82.4 Å².